The van der Waals surface area contributed by atoms with Crippen LogP contribution in [-0.2, 0) is 4.74 Å². The lowest BCUT2D eigenvalue weighted by Crippen LogP contribution is -2.37. The number of ether oxygens (including phenoxy) is 1. The molecule has 0 unspecified atom stereocenters. The lowest BCUT2D eigenvalue weighted by molar-refractivity contribution is 0.0701. The number of carbonyl (C=O) groups is 1. The van der Waals surface area contributed by atoms with Crippen LogP contribution in [0.25, 0.3) is 0 Å². The molecule has 0 saturated carbocycles. The highest BCUT2D eigenvalue weighted by atomic mass is 16.5. The van der Waals surface area contributed by atoms with Gasteiger partial charge in [0.2, 0.25) is 0 Å². The van der Waals surface area contributed by atoms with Crippen LogP contribution in [0.4, 0.5) is 0 Å². The highest BCUT2D eigenvalue weighted by molar-refractivity contribution is 5.94. The number of aryl methyl sites for hydroxylation is 1. The summed E-state index contributed by atoms with van der Waals surface area (Å²) < 4.78 is 10.1. The Morgan fingerprint density at radius 1 is 1.56 bits per heavy atom. The highest BCUT2D eigenvalue weighted by Gasteiger charge is 2.16. The third-order valence-corrected chi connectivity index (χ3v) is 2.23. The second-order valence-corrected chi connectivity index (χ2v) is 3.52. The summed E-state index contributed by atoms with van der Waals surface area (Å²) in [6, 6.07) is 1.72. The summed E-state index contributed by atoms with van der Waals surface area (Å²) in [4.78, 5) is 13.7. The summed E-state index contributed by atoms with van der Waals surface area (Å²) in [5.41, 5.74) is 6.02. The second-order valence-electron chi connectivity index (χ2n) is 3.52. The fourth-order valence-corrected chi connectivity index (χ4v) is 1.41. The van der Waals surface area contributed by atoms with Crippen molar-refractivity contribution in [1.29, 1.82) is 0 Å². The zero-order valence-electron chi connectivity index (χ0n) is 9.73. The van der Waals surface area contributed by atoms with Crippen molar-refractivity contribution >= 4 is 5.91 Å². The normalized spacial score (nSPS) is 10.4. The van der Waals surface area contributed by atoms with Gasteiger partial charge in [0, 0.05) is 26.7 Å². The highest BCUT2D eigenvalue weighted by Crippen LogP contribution is 2.09. The lowest BCUT2D eigenvalue weighted by atomic mass is 10.2. The van der Waals surface area contributed by atoms with Crippen molar-refractivity contribution < 1.29 is 13.9 Å². The summed E-state index contributed by atoms with van der Waals surface area (Å²) in [7, 11) is 1.60. The lowest BCUT2D eigenvalue weighted by Gasteiger charge is -2.20. The van der Waals surface area contributed by atoms with Crippen molar-refractivity contribution in [3.8, 4) is 0 Å². The molecule has 0 bridgehead atoms. The molecule has 5 nitrogen and oxygen atoms in total. The average molecular weight is 226 g/mol. The van der Waals surface area contributed by atoms with Crippen LogP contribution >= 0.6 is 0 Å². The third-order valence-electron chi connectivity index (χ3n) is 2.23. The molecule has 0 spiro atoms. The van der Waals surface area contributed by atoms with E-state index in [0.29, 0.717) is 31.8 Å². The Bertz CT molecular complexity index is 336. The number of furan rings is 1. The second kappa shape index (κ2) is 6.30. The molecule has 1 aromatic heterocycles. The Labute approximate surface area is 95.2 Å². The Morgan fingerprint density at radius 2 is 2.31 bits per heavy atom. The zero-order chi connectivity index (χ0) is 12.0. The molecule has 16 heavy (non-hydrogen) atoms. The molecular weight excluding hydrogens is 208 g/mol. The molecule has 0 atom stereocenters. The molecule has 1 heterocycles. The maximum Gasteiger partial charge on any atom is 0.257 e. The van der Waals surface area contributed by atoms with E-state index in [1.165, 1.54) is 6.26 Å². The maximum atomic E-state index is 12.0. The predicted molar refractivity (Wildman–Crippen MR) is 60.3 cm³/mol. The topological polar surface area (TPSA) is 68.7 Å². The van der Waals surface area contributed by atoms with Gasteiger partial charge < -0.3 is 19.8 Å². The fraction of sp³-hybridized carbons (Fsp3) is 0.545. The minimum absolute atomic E-state index is 0.0700. The number of hydrogen-bond acceptors (Lipinski definition) is 4. The molecule has 0 aliphatic carbocycles. The summed E-state index contributed by atoms with van der Waals surface area (Å²) in [6.07, 6.45) is 1.47. The summed E-state index contributed by atoms with van der Waals surface area (Å²) in [6.45, 7) is 3.80. The van der Waals surface area contributed by atoms with Crippen molar-refractivity contribution in [3.05, 3.63) is 23.7 Å². The number of carbonyl (C=O) groups excluding carboxylic acids is 1. The molecule has 90 valence electrons. The third kappa shape index (κ3) is 3.36. The predicted octanol–water partition coefficient (Wildman–Crippen LogP) is 0.635. The van der Waals surface area contributed by atoms with Gasteiger partial charge in [-0.25, -0.2) is 0 Å². The van der Waals surface area contributed by atoms with Crippen molar-refractivity contribution in [2.75, 3.05) is 33.4 Å². The van der Waals surface area contributed by atoms with E-state index in [4.69, 9.17) is 14.9 Å². The van der Waals surface area contributed by atoms with Crippen LogP contribution in [0.3, 0.4) is 0 Å². The molecule has 1 rings (SSSR count). The molecule has 0 aromatic carbocycles. The zero-order valence-corrected chi connectivity index (χ0v) is 9.73. The minimum atomic E-state index is -0.0700. The van der Waals surface area contributed by atoms with Gasteiger partial charge in [0.1, 0.15) is 12.0 Å². The van der Waals surface area contributed by atoms with Crippen LogP contribution in [0.15, 0.2) is 16.7 Å². The van der Waals surface area contributed by atoms with Crippen molar-refractivity contribution in [2.24, 2.45) is 5.73 Å². The molecule has 2 N–H and O–H groups in total. The number of amides is 1. The number of nitrogens with zero attached hydrogens (tertiary/aromatic N) is 1. The Morgan fingerprint density at radius 3 is 2.81 bits per heavy atom. The van der Waals surface area contributed by atoms with Gasteiger partial charge in [-0.3, -0.25) is 4.79 Å². The van der Waals surface area contributed by atoms with E-state index in [2.05, 4.69) is 0 Å². The molecule has 0 aliphatic rings. The van der Waals surface area contributed by atoms with Crippen LogP contribution in [0, 0.1) is 6.92 Å². The van der Waals surface area contributed by atoms with E-state index in [0.717, 1.165) is 5.76 Å². The average Bonchev–Trinajstić information content (AvgIpc) is 2.70. The minimum Gasteiger partial charge on any atom is -0.469 e. The SMILES string of the molecule is COCCN(CCN)C(=O)c1coc(C)c1. The van der Waals surface area contributed by atoms with Crippen LogP contribution in [0.1, 0.15) is 16.1 Å². The molecule has 5 heteroatoms. The summed E-state index contributed by atoms with van der Waals surface area (Å²) in [5, 5.41) is 0. The molecule has 0 radical (unpaired) electrons. The van der Waals surface area contributed by atoms with Gasteiger partial charge in [-0.15, -0.1) is 0 Å². The number of nitrogens with two attached hydrogens (primary N) is 1. The molecule has 0 fully saturated rings. The van der Waals surface area contributed by atoms with E-state index in [-0.39, 0.29) is 5.91 Å². The standard InChI is InChI=1S/C11H18N2O3/c1-9-7-10(8-16-9)11(14)13(4-3-12)5-6-15-2/h7-8H,3-6,12H2,1-2H3. The van der Waals surface area contributed by atoms with E-state index in [1.54, 1.807) is 25.0 Å². The van der Waals surface area contributed by atoms with Crippen molar-refractivity contribution in [2.45, 2.75) is 6.92 Å². The maximum absolute atomic E-state index is 12.0. The Hall–Kier alpha value is -1.33. The largest absolute Gasteiger partial charge is 0.469 e. The first-order valence-corrected chi connectivity index (χ1v) is 5.22. The first-order valence-electron chi connectivity index (χ1n) is 5.22. The quantitative estimate of drug-likeness (QED) is 0.772. The number of rotatable bonds is 6. The van der Waals surface area contributed by atoms with E-state index < -0.39 is 0 Å². The Kier molecular flexibility index (Phi) is 5.01. The molecule has 1 amide bonds. The van der Waals surface area contributed by atoms with E-state index in [9.17, 15) is 4.79 Å². The van der Waals surface area contributed by atoms with Crippen molar-refractivity contribution in [3.63, 3.8) is 0 Å². The van der Waals surface area contributed by atoms with Gasteiger partial charge in [0.25, 0.3) is 5.91 Å². The van der Waals surface area contributed by atoms with Gasteiger partial charge in [-0.05, 0) is 13.0 Å². The van der Waals surface area contributed by atoms with Crippen LogP contribution < -0.4 is 5.73 Å². The summed E-state index contributed by atoms with van der Waals surface area (Å²) >= 11 is 0. The number of hydrogen-bond donors (Lipinski definition) is 1. The summed E-state index contributed by atoms with van der Waals surface area (Å²) in [5.74, 6) is 0.655. The molecule has 0 saturated heterocycles. The Balaban J connectivity index is 2.66. The fourth-order valence-electron chi connectivity index (χ4n) is 1.41. The van der Waals surface area contributed by atoms with E-state index in [1.807, 2.05) is 0 Å². The monoisotopic (exact) mass is 226 g/mol. The first-order chi connectivity index (χ1) is 7.69. The molecule has 1 aromatic rings. The van der Waals surface area contributed by atoms with Gasteiger partial charge in [0.05, 0.1) is 12.2 Å². The first kappa shape index (κ1) is 12.7. The van der Waals surface area contributed by atoms with E-state index >= 15 is 0 Å². The van der Waals surface area contributed by atoms with Gasteiger partial charge in [-0.1, -0.05) is 0 Å². The van der Waals surface area contributed by atoms with Gasteiger partial charge >= 0.3 is 0 Å². The molecule has 0 aliphatic heterocycles. The smallest absolute Gasteiger partial charge is 0.257 e. The van der Waals surface area contributed by atoms with Crippen LogP contribution in [0.2, 0.25) is 0 Å². The van der Waals surface area contributed by atoms with Crippen molar-refractivity contribution in [1.82, 2.24) is 4.90 Å². The van der Waals surface area contributed by atoms with Crippen LogP contribution in [-0.4, -0.2) is 44.2 Å². The van der Waals surface area contributed by atoms with Gasteiger partial charge in [0.15, 0.2) is 0 Å². The van der Waals surface area contributed by atoms with Crippen LogP contribution in [0.5, 0.6) is 0 Å². The number of methoxy groups -OCH3 is 1. The van der Waals surface area contributed by atoms with Gasteiger partial charge in [-0.2, -0.15) is 0 Å². The molecular formula is C11H18N2O3.